The molecule has 2 bridgehead atoms. The van der Waals surface area contributed by atoms with Gasteiger partial charge in [0.2, 0.25) is 5.91 Å². The Bertz CT molecular complexity index is 592. The van der Waals surface area contributed by atoms with Gasteiger partial charge in [0.1, 0.15) is 4.21 Å². The van der Waals surface area contributed by atoms with E-state index < -0.39 is 10.0 Å². The van der Waals surface area contributed by atoms with E-state index >= 15 is 0 Å². The van der Waals surface area contributed by atoms with Crippen LogP contribution in [0.5, 0.6) is 0 Å². The molecule has 2 unspecified atom stereocenters. The second-order valence-electron chi connectivity index (χ2n) is 5.44. The first-order valence-corrected chi connectivity index (χ1v) is 9.49. The second kappa shape index (κ2) is 7.27. The van der Waals surface area contributed by atoms with Gasteiger partial charge in [-0.05, 0) is 37.3 Å². The van der Waals surface area contributed by atoms with Gasteiger partial charge < -0.3 is 10.2 Å². The molecule has 1 aromatic heterocycles. The summed E-state index contributed by atoms with van der Waals surface area (Å²) in [6, 6.07) is 3.68. The van der Waals surface area contributed by atoms with Crippen LogP contribution in [0.1, 0.15) is 19.3 Å². The summed E-state index contributed by atoms with van der Waals surface area (Å²) in [5, 5.41) is 5.03. The predicted octanol–water partition coefficient (Wildman–Crippen LogP) is 0.801. The highest BCUT2D eigenvalue weighted by atomic mass is 35.5. The number of halogens is 1. The fraction of sp³-hybridized carbons (Fsp3) is 0.615. The maximum absolute atomic E-state index is 12.4. The van der Waals surface area contributed by atoms with Crippen molar-refractivity contribution in [3.8, 4) is 0 Å². The molecule has 1 aromatic rings. The molecule has 0 saturated carbocycles. The SMILES string of the molecule is Cl.O=C(CNS(=O)(=O)c1cccs1)N1C2CCNCC1CC2. The molecule has 124 valence electrons. The third-order valence-corrected chi connectivity index (χ3v) is 6.91. The molecule has 2 aliphatic heterocycles. The third-order valence-electron chi connectivity index (χ3n) is 4.12. The number of nitrogens with zero attached hydrogens (tertiary/aromatic N) is 1. The van der Waals surface area contributed by atoms with Gasteiger partial charge in [-0.15, -0.1) is 23.7 Å². The zero-order valence-electron chi connectivity index (χ0n) is 12.0. The first-order chi connectivity index (χ1) is 10.1. The van der Waals surface area contributed by atoms with Crippen LogP contribution in [-0.4, -0.2) is 50.9 Å². The number of amides is 1. The normalized spacial score (nSPS) is 24.6. The molecule has 6 nitrogen and oxygen atoms in total. The van der Waals surface area contributed by atoms with E-state index in [0.29, 0.717) is 0 Å². The van der Waals surface area contributed by atoms with E-state index in [1.165, 1.54) is 6.07 Å². The van der Waals surface area contributed by atoms with Crippen LogP contribution in [0.3, 0.4) is 0 Å². The van der Waals surface area contributed by atoms with Gasteiger partial charge in [-0.2, -0.15) is 0 Å². The van der Waals surface area contributed by atoms with Crippen molar-refractivity contribution in [2.75, 3.05) is 19.6 Å². The molecule has 2 N–H and O–H groups in total. The van der Waals surface area contributed by atoms with Gasteiger partial charge >= 0.3 is 0 Å². The molecule has 2 atom stereocenters. The molecule has 2 saturated heterocycles. The lowest BCUT2D eigenvalue weighted by atomic mass is 10.1. The monoisotopic (exact) mass is 365 g/mol. The standard InChI is InChI=1S/C13H19N3O3S2.ClH/c17-12(9-15-21(18,19)13-2-1-7-20-13)16-10-3-4-11(16)8-14-6-5-10;/h1-2,7,10-11,14-15H,3-6,8-9H2;1H. The minimum absolute atomic E-state index is 0. The topological polar surface area (TPSA) is 78.5 Å². The molecule has 0 aromatic carbocycles. The maximum atomic E-state index is 12.4. The smallest absolute Gasteiger partial charge is 0.250 e. The first-order valence-electron chi connectivity index (χ1n) is 7.13. The fourth-order valence-electron chi connectivity index (χ4n) is 3.13. The maximum Gasteiger partial charge on any atom is 0.250 e. The summed E-state index contributed by atoms with van der Waals surface area (Å²) in [5.41, 5.74) is 0. The van der Waals surface area contributed by atoms with Gasteiger partial charge in [0.25, 0.3) is 10.0 Å². The van der Waals surface area contributed by atoms with Crippen LogP contribution in [-0.2, 0) is 14.8 Å². The average molecular weight is 366 g/mol. The lowest BCUT2D eigenvalue weighted by Crippen LogP contribution is -2.47. The van der Waals surface area contributed by atoms with Crippen LogP contribution < -0.4 is 10.0 Å². The molecule has 3 rings (SSSR count). The van der Waals surface area contributed by atoms with E-state index in [1.807, 2.05) is 4.90 Å². The summed E-state index contributed by atoms with van der Waals surface area (Å²) in [6.45, 7) is 1.57. The molecule has 0 spiro atoms. The summed E-state index contributed by atoms with van der Waals surface area (Å²) < 4.78 is 26.8. The Balaban J connectivity index is 0.00000176. The summed E-state index contributed by atoms with van der Waals surface area (Å²) in [6.07, 6.45) is 2.97. The van der Waals surface area contributed by atoms with Crippen molar-refractivity contribution >= 4 is 39.7 Å². The van der Waals surface area contributed by atoms with E-state index in [4.69, 9.17) is 0 Å². The number of fused-ring (bicyclic) bond motifs is 2. The minimum atomic E-state index is -3.57. The Labute approximate surface area is 140 Å². The molecule has 0 radical (unpaired) electrons. The highest BCUT2D eigenvalue weighted by molar-refractivity contribution is 7.91. The Morgan fingerprint density at radius 1 is 1.36 bits per heavy atom. The zero-order chi connectivity index (χ0) is 14.9. The number of carbonyl (C=O) groups is 1. The number of thiophene rings is 1. The zero-order valence-corrected chi connectivity index (χ0v) is 14.5. The lowest BCUT2D eigenvalue weighted by molar-refractivity contribution is -0.132. The van der Waals surface area contributed by atoms with E-state index in [1.54, 1.807) is 11.4 Å². The largest absolute Gasteiger partial charge is 0.334 e. The summed E-state index contributed by atoms with van der Waals surface area (Å²) in [7, 11) is -3.57. The summed E-state index contributed by atoms with van der Waals surface area (Å²) in [4.78, 5) is 14.3. The van der Waals surface area contributed by atoms with Gasteiger partial charge in [0.05, 0.1) is 6.54 Å². The van der Waals surface area contributed by atoms with Crippen molar-refractivity contribution in [1.82, 2.24) is 14.9 Å². The van der Waals surface area contributed by atoms with E-state index in [9.17, 15) is 13.2 Å². The van der Waals surface area contributed by atoms with Crippen LogP contribution in [0.4, 0.5) is 0 Å². The molecule has 2 fully saturated rings. The van der Waals surface area contributed by atoms with Crippen LogP contribution >= 0.6 is 23.7 Å². The Morgan fingerprint density at radius 2 is 2.14 bits per heavy atom. The van der Waals surface area contributed by atoms with Crippen molar-refractivity contribution in [3.63, 3.8) is 0 Å². The van der Waals surface area contributed by atoms with Crippen LogP contribution in [0.25, 0.3) is 0 Å². The van der Waals surface area contributed by atoms with Crippen LogP contribution in [0.2, 0.25) is 0 Å². The number of hydrogen-bond acceptors (Lipinski definition) is 5. The van der Waals surface area contributed by atoms with Gasteiger partial charge in [0, 0.05) is 18.6 Å². The lowest BCUT2D eigenvalue weighted by Gasteiger charge is -2.27. The molecule has 22 heavy (non-hydrogen) atoms. The highest BCUT2D eigenvalue weighted by Crippen LogP contribution is 2.27. The highest BCUT2D eigenvalue weighted by Gasteiger charge is 2.38. The van der Waals surface area contributed by atoms with Crippen molar-refractivity contribution in [3.05, 3.63) is 17.5 Å². The second-order valence-corrected chi connectivity index (χ2v) is 8.38. The van der Waals surface area contributed by atoms with Gasteiger partial charge in [0.15, 0.2) is 0 Å². The summed E-state index contributed by atoms with van der Waals surface area (Å²) >= 11 is 1.15. The molecular weight excluding hydrogens is 346 g/mol. The van der Waals surface area contributed by atoms with Crippen molar-refractivity contribution in [1.29, 1.82) is 0 Å². The van der Waals surface area contributed by atoms with E-state index in [-0.39, 0.29) is 41.2 Å². The summed E-state index contributed by atoms with van der Waals surface area (Å²) in [5.74, 6) is -0.119. The van der Waals surface area contributed by atoms with Crippen molar-refractivity contribution < 1.29 is 13.2 Å². The fourth-order valence-corrected chi connectivity index (χ4v) is 5.14. The first kappa shape index (κ1) is 17.7. The number of hydrogen-bond donors (Lipinski definition) is 2. The molecule has 3 heterocycles. The molecule has 2 aliphatic rings. The van der Waals surface area contributed by atoms with Gasteiger partial charge in [-0.3, -0.25) is 4.79 Å². The quantitative estimate of drug-likeness (QED) is 0.827. The average Bonchev–Trinajstić information content (AvgIpc) is 3.04. The van der Waals surface area contributed by atoms with Crippen LogP contribution in [0.15, 0.2) is 21.7 Å². The number of carbonyl (C=O) groups excluding carboxylic acids is 1. The molecule has 0 aliphatic carbocycles. The van der Waals surface area contributed by atoms with Gasteiger partial charge in [-0.1, -0.05) is 6.07 Å². The van der Waals surface area contributed by atoms with E-state index in [0.717, 1.165) is 43.7 Å². The van der Waals surface area contributed by atoms with Crippen molar-refractivity contribution in [2.24, 2.45) is 0 Å². The number of sulfonamides is 1. The van der Waals surface area contributed by atoms with Crippen LogP contribution in [0, 0.1) is 0 Å². The predicted molar refractivity (Wildman–Crippen MR) is 87.9 cm³/mol. The Hall–Kier alpha value is -0.670. The molecule has 9 heteroatoms. The third kappa shape index (κ3) is 3.62. The number of rotatable bonds is 4. The number of nitrogens with one attached hydrogen (secondary N) is 2. The minimum Gasteiger partial charge on any atom is -0.334 e. The molecule has 1 amide bonds. The Morgan fingerprint density at radius 3 is 2.86 bits per heavy atom. The molecular formula is C13H20ClN3O3S2. The Kier molecular flexibility index (Phi) is 5.84. The van der Waals surface area contributed by atoms with E-state index in [2.05, 4.69) is 10.0 Å². The van der Waals surface area contributed by atoms with Crippen molar-refractivity contribution in [2.45, 2.75) is 35.6 Å². The van der Waals surface area contributed by atoms with Gasteiger partial charge in [-0.25, -0.2) is 13.1 Å².